The van der Waals surface area contributed by atoms with E-state index >= 15 is 0 Å². The van der Waals surface area contributed by atoms with Gasteiger partial charge in [-0.05, 0) is 39.0 Å². The molecule has 1 fully saturated rings. The van der Waals surface area contributed by atoms with Gasteiger partial charge in [-0.25, -0.2) is 0 Å². The number of hydrogen-bond donors (Lipinski definition) is 2. The Morgan fingerprint density at radius 2 is 2.25 bits per heavy atom. The van der Waals surface area contributed by atoms with Crippen molar-refractivity contribution in [2.45, 2.75) is 44.8 Å². The summed E-state index contributed by atoms with van der Waals surface area (Å²) in [6.07, 6.45) is 2.70. The van der Waals surface area contributed by atoms with Gasteiger partial charge in [-0.2, -0.15) is 0 Å². The Morgan fingerprint density at radius 1 is 1.67 bits per heavy atom. The molecule has 3 N–H and O–H groups in total. The highest BCUT2D eigenvalue weighted by Gasteiger charge is 2.35. The van der Waals surface area contributed by atoms with Crippen molar-refractivity contribution in [3.05, 3.63) is 12.2 Å². The minimum atomic E-state index is -0.661. The van der Waals surface area contributed by atoms with Crippen LogP contribution < -0.4 is 5.73 Å². The third-order valence-electron chi connectivity index (χ3n) is 3.03. The summed E-state index contributed by atoms with van der Waals surface area (Å²) in [7, 11) is 0. The Bertz CT molecular complexity index is 186. The van der Waals surface area contributed by atoms with E-state index in [0.29, 0.717) is 5.92 Å². The molecule has 2 unspecified atom stereocenters. The quantitative estimate of drug-likeness (QED) is 0.583. The summed E-state index contributed by atoms with van der Waals surface area (Å²) in [6, 6.07) is -0.0899. The van der Waals surface area contributed by atoms with Gasteiger partial charge in [-0.1, -0.05) is 12.2 Å². The molecule has 0 bridgehead atoms. The van der Waals surface area contributed by atoms with Crippen LogP contribution in [0.1, 0.15) is 33.1 Å². The molecule has 2 heteroatoms. The molecule has 0 amide bonds. The Labute approximate surface area is 74.5 Å². The van der Waals surface area contributed by atoms with Crippen LogP contribution in [0, 0.1) is 5.92 Å². The van der Waals surface area contributed by atoms with Crippen molar-refractivity contribution in [3.8, 4) is 0 Å². The van der Waals surface area contributed by atoms with E-state index in [4.69, 9.17) is 5.73 Å². The number of hydrogen-bond acceptors (Lipinski definition) is 2. The van der Waals surface area contributed by atoms with E-state index in [9.17, 15) is 5.11 Å². The molecule has 3 atom stereocenters. The van der Waals surface area contributed by atoms with Crippen molar-refractivity contribution >= 4 is 0 Å². The van der Waals surface area contributed by atoms with E-state index in [-0.39, 0.29) is 6.04 Å². The van der Waals surface area contributed by atoms with Crippen LogP contribution in [0.15, 0.2) is 12.2 Å². The molecule has 0 spiro atoms. The molecule has 1 aliphatic rings. The van der Waals surface area contributed by atoms with Crippen LogP contribution in [-0.4, -0.2) is 16.7 Å². The smallest absolute Gasteiger partial charge is 0.0770 e. The summed E-state index contributed by atoms with van der Waals surface area (Å²) in [5.41, 5.74) is 6.38. The summed E-state index contributed by atoms with van der Waals surface area (Å²) in [4.78, 5) is 0. The van der Waals surface area contributed by atoms with Crippen molar-refractivity contribution in [1.82, 2.24) is 0 Å². The van der Waals surface area contributed by atoms with Gasteiger partial charge < -0.3 is 10.8 Å². The van der Waals surface area contributed by atoms with E-state index in [2.05, 4.69) is 6.58 Å². The number of rotatable bonds is 1. The standard InChI is InChI=1S/C10H19NO/c1-7(2)8-4-5-10(3,12)9(11)6-8/h8-9,12H,1,4-6,11H2,2-3H3/t8-,9?,10?/m1/s1. The van der Waals surface area contributed by atoms with Crippen LogP contribution >= 0.6 is 0 Å². The lowest BCUT2D eigenvalue weighted by Gasteiger charge is -2.38. The maximum absolute atomic E-state index is 9.79. The fraction of sp³-hybridized carbons (Fsp3) is 0.800. The molecule has 0 aromatic rings. The number of nitrogens with two attached hydrogens (primary N) is 1. The largest absolute Gasteiger partial charge is 0.389 e. The van der Waals surface area contributed by atoms with Crippen LogP contribution in [0.5, 0.6) is 0 Å². The lowest BCUT2D eigenvalue weighted by molar-refractivity contribution is -0.00644. The van der Waals surface area contributed by atoms with Gasteiger partial charge in [0.2, 0.25) is 0 Å². The molecule has 1 saturated carbocycles. The lowest BCUT2D eigenvalue weighted by atomic mass is 9.74. The molecular weight excluding hydrogens is 150 g/mol. The Hall–Kier alpha value is -0.340. The van der Waals surface area contributed by atoms with Crippen LogP contribution in [0.2, 0.25) is 0 Å². The highest BCUT2D eigenvalue weighted by atomic mass is 16.3. The minimum absolute atomic E-state index is 0.0899. The van der Waals surface area contributed by atoms with Crippen LogP contribution in [0.25, 0.3) is 0 Å². The molecule has 0 radical (unpaired) electrons. The first kappa shape index (κ1) is 9.75. The monoisotopic (exact) mass is 169 g/mol. The van der Waals surface area contributed by atoms with Gasteiger partial charge in [0.05, 0.1) is 5.60 Å². The van der Waals surface area contributed by atoms with Crippen molar-refractivity contribution in [3.63, 3.8) is 0 Å². The fourth-order valence-corrected chi connectivity index (χ4v) is 1.78. The van der Waals surface area contributed by atoms with Crippen molar-refractivity contribution in [2.24, 2.45) is 11.7 Å². The molecule has 0 aromatic heterocycles. The second-order valence-corrected chi connectivity index (χ2v) is 4.28. The zero-order valence-electron chi connectivity index (χ0n) is 8.01. The van der Waals surface area contributed by atoms with Gasteiger partial charge >= 0.3 is 0 Å². The predicted molar refractivity (Wildman–Crippen MR) is 50.8 cm³/mol. The molecule has 1 aliphatic carbocycles. The second-order valence-electron chi connectivity index (χ2n) is 4.28. The zero-order chi connectivity index (χ0) is 9.35. The molecule has 70 valence electrons. The fourth-order valence-electron chi connectivity index (χ4n) is 1.78. The van der Waals surface area contributed by atoms with Crippen LogP contribution in [0.4, 0.5) is 0 Å². The van der Waals surface area contributed by atoms with E-state index in [1.807, 2.05) is 13.8 Å². The first-order valence-electron chi connectivity index (χ1n) is 4.57. The van der Waals surface area contributed by atoms with Crippen LogP contribution in [0.3, 0.4) is 0 Å². The van der Waals surface area contributed by atoms with E-state index in [1.165, 1.54) is 5.57 Å². The third-order valence-corrected chi connectivity index (χ3v) is 3.03. The van der Waals surface area contributed by atoms with Crippen LogP contribution in [-0.2, 0) is 0 Å². The van der Waals surface area contributed by atoms with Gasteiger partial charge in [0.15, 0.2) is 0 Å². The summed E-state index contributed by atoms with van der Waals surface area (Å²) in [6.45, 7) is 7.79. The predicted octanol–water partition coefficient (Wildman–Crippen LogP) is 1.44. The highest BCUT2D eigenvalue weighted by molar-refractivity contribution is 5.03. The molecule has 1 rings (SSSR count). The molecule has 0 aliphatic heterocycles. The van der Waals surface area contributed by atoms with Gasteiger partial charge in [0.25, 0.3) is 0 Å². The Kier molecular flexibility index (Phi) is 2.59. The van der Waals surface area contributed by atoms with Gasteiger partial charge in [0.1, 0.15) is 0 Å². The normalized spacial score (nSPS) is 42.7. The first-order valence-corrected chi connectivity index (χ1v) is 4.57. The molecule has 12 heavy (non-hydrogen) atoms. The van der Waals surface area contributed by atoms with Crippen molar-refractivity contribution in [2.75, 3.05) is 0 Å². The molecule has 0 aromatic carbocycles. The zero-order valence-corrected chi connectivity index (χ0v) is 8.01. The minimum Gasteiger partial charge on any atom is -0.389 e. The van der Waals surface area contributed by atoms with Gasteiger partial charge in [0, 0.05) is 6.04 Å². The topological polar surface area (TPSA) is 46.2 Å². The number of allylic oxidation sites excluding steroid dienone is 1. The molecular formula is C10H19NO. The molecule has 0 heterocycles. The maximum atomic E-state index is 9.79. The summed E-state index contributed by atoms with van der Waals surface area (Å²) in [5.74, 6) is 0.514. The van der Waals surface area contributed by atoms with Crippen molar-refractivity contribution in [1.29, 1.82) is 0 Å². The maximum Gasteiger partial charge on any atom is 0.0770 e. The van der Waals surface area contributed by atoms with E-state index in [0.717, 1.165) is 19.3 Å². The summed E-state index contributed by atoms with van der Waals surface area (Å²) >= 11 is 0. The molecule has 2 nitrogen and oxygen atoms in total. The lowest BCUT2D eigenvalue weighted by Crippen LogP contribution is -2.50. The first-order chi connectivity index (χ1) is 5.43. The third kappa shape index (κ3) is 1.87. The average Bonchev–Trinajstić information content (AvgIpc) is 1.94. The molecule has 0 saturated heterocycles. The van der Waals surface area contributed by atoms with Gasteiger partial charge in [-0.15, -0.1) is 0 Å². The summed E-state index contributed by atoms with van der Waals surface area (Å²) in [5, 5.41) is 9.79. The van der Waals surface area contributed by atoms with E-state index < -0.39 is 5.60 Å². The highest BCUT2D eigenvalue weighted by Crippen LogP contribution is 2.33. The Balaban J connectivity index is 2.58. The number of aliphatic hydroxyl groups is 1. The average molecular weight is 169 g/mol. The van der Waals surface area contributed by atoms with Gasteiger partial charge in [-0.3, -0.25) is 0 Å². The SMILES string of the molecule is C=C(C)[C@@H]1CCC(C)(O)C(N)C1. The second kappa shape index (κ2) is 3.19. The van der Waals surface area contributed by atoms with E-state index in [1.54, 1.807) is 0 Å². The van der Waals surface area contributed by atoms with Crippen molar-refractivity contribution < 1.29 is 5.11 Å². The Morgan fingerprint density at radius 3 is 2.67 bits per heavy atom. The summed E-state index contributed by atoms with van der Waals surface area (Å²) < 4.78 is 0.